The van der Waals surface area contributed by atoms with E-state index in [0.717, 1.165) is 28.5 Å². The first kappa shape index (κ1) is 16.6. The van der Waals surface area contributed by atoms with Crippen LogP contribution in [0.2, 0.25) is 0 Å². The van der Waals surface area contributed by atoms with Crippen molar-refractivity contribution in [3.63, 3.8) is 0 Å². The summed E-state index contributed by atoms with van der Waals surface area (Å²) in [7, 11) is 0. The van der Waals surface area contributed by atoms with Crippen LogP contribution in [0.15, 0.2) is 60.8 Å². The third kappa shape index (κ3) is 2.33. The third-order valence-electron chi connectivity index (χ3n) is 6.59. The summed E-state index contributed by atoms with van der Waals surface area (Å²) < 4.78 is 0. The van der Waals surface area contributed by atoms with Crippen molar-refractivity contribution in [2.24, 2.45) is 23.7 Å². The van der Waals surface area contributed by atoms with E-state index in [-0.39, 0.29) is 35.5 Å². The lowest BCUT2D eigenvalue weighted by molar-refractivity contribution is -0.123. The second kappa shape index (κ2) is 5.83. The van der Waals surface area contributed by atoms with Crippen molar-refractivity contribution in [2.75, 3.05) is 4.90 Å². The number of hydrogen-bond acceptors (Lipinski definition) is 4. The van der Waals surface area contributed by atoms with Gasteiger partial charge >= 0.3 is 0 Å². The van der Waals surface area contributed by atoms with Crippen LogP contribution in [0.25, 0.3) is 22.3 Å². The highest BCUT2D eigenvalue weighted by atomic mass is 16.2. The van der Waals surface area contributed by atoms with Crippen LogP contribution in [0, 0.1) is 30.6 Å². The highest BCUT2D eigenvalue weighted by Crippen LogP contribution is 2.53. The number of aryl methyl sites for hydroxylation is 1. The third-order valence-corrected chi connectivity index (χ3v) is 6.59. The van der Waals surface area contributed by atoms with Gasteiger partial charge in [-0.25, -0.2) is 9.97 Å². The number of rotatable bonds is 2. The standard InChI is InChI=1S/C24H19N3O2/c1-13-2-3-17-12-25-22(26-19(17)10-13)14-6-8-18(9-7-14)27-23(28)20-15-4-5-16(11-15)21(20)24(27)29/h2-10,12,15-16,20-21H,11H2,1H3/t15-,16?,20+,21-/m0/s1. The monoisotopic (exact) mass is 381 g/mol. The Morgan fingerprint density at radius 1 is 0.931 bits per heavy atom. The van der Waals surface area contributed by atoms with Crippen molar-refractivity contribution in [3.8, 4) is 11.4 Å². The Kier molecular flexibility index (Phi) is 3.34. The molecule has 142 valence electrons. The Morgan fingerprint density at radius 2 is 1.62 bits per heavy atom. The molecule has 0 radical (unpaired) electrons. The maximum atomic E-state index is 13.0. The van der Waals surface area contributed by atoms with Crippen molar-refractivity contribution >= 4 is 28.4 Å². The molecule has 2 fully saturated rings. The Hall–Kier alpha value is -3.34. The van der Waals surface area contributed by atoms with Gasteiger partial charge in [0.2, 0.25) is 11.8 Å². The lowest BCUT2D eigenvalue weighted by Gasteiger charge is -2.17. The number of nitrogens with zero attached hydrogens (tertiary/aromatic N) is 3. The number of aromatic nitrogens is 2. The number of hydrogen-bond donors (Lipinski definition) is 0. The molecule has 5 heteroatoms. The quantitative estimate of drug-likeness (QED) is 0.499. The van der Waals surface area contributed by atoms with Gasteiger partial charge in [-0.3, -0.25) is 14.5 Å². The summed E-state index contributed by atoms with van der Waals surface area (Å²) in [6.07, 6.45) is 6.99. The zero-order valence-electron chi connectivity index (χ0n) is 15.9. The molecule has 2 bridgehead atoms. The lowest BCUT2D eigenvalue weighted by Crippen LogP contribution is -2.32. The maximum absolute atomic E-state index is 13.0. The normalized spacial score (nSPS) is 27.3. The van der Waals surface area contributed by atoms with Gasteiger partial charge in [-0.05, 0) is 61.1 Å². The molecule has 1 saturated heterocycles. The topological polar surface area (TPSA) is 63.2 Å². The number of allylic oxidation sites excluding steroid dienone is 2. The van der Waals surface area contributed by atoms with E-state index in [2.05, 4.69) is 22.1 Å². The fourth-order valence-corrected chi connectivity index (χ4v) is 5.19. The molecule has 5 nitrogen and oxygen atoms in total. The number of imide groups is 1. The van der Waals surface area contributed by atoms with Gasteiger partial charge in [0.05, 0.1) is 23.0 Å². The average Bonchev–Trinajstić information content (AvgIpc) is 3.41. The van der Waals surface area contributed by atoms with E-state index in [1.54, 1.807) is 0 Å². The van der Waals surface area contributed by atoms with E-state index in [1.165, 1.54) is 4.90 Å². The Labute approximate surface area is 168 Å². The number of carbonyl (C=O) groups is 2. The summed E-state index contributed by atoms with van der Waals surface area (Å²) in [5.74, 6) is 0.616. The molecule has 0 spiro atoms. The van der Waals surface area contributed by atoms with Crippen LogP contribution in [0.1, 0.15) is 12.0 Å². The molecular weight excluding hydrogens is 362 g/mol. The molecule has 1 aliphatic heterocycles. The first-order valence-corrected chi connectivity index (χ1v) is 10.0. The second-order valence-electron chi connectivity index (χ2n) is 8.31. The molecule has 1 unspecified atom stereocenters. The van der Waals surface area contributed by atoms with E-state index in [1.807, 2.05) is 55.6 Å². The van der Waals surface area contributed by atoms with Gasteiger partial charge in [-0.2, -0.15) is 0 Å². The van der Waals surface area contributed by atoms with Crippen LogP contribution in [-0.4, -0.2) is 21.8 Å². The molecular formula is C24H19N3O2. The van der Waals surface area contributed by atoms with E-state index in [9.17, 15) is 9.59 Å². The van der Waals surface area contributed by atoms with Gasteiger partial charge in [0.25, 0.3) is 0 Å². The van der Waals surface area contributed by atoms with Crippen LogP contribution in [0.4, 0.5) is 5.69 Å². The van der Waals surface area contributed by atoms with Crippen molar-refractivity contribution in [1.82, 2.24) is 9.97 Å². The molecule has 4 atom stereocenters. The minimum absolute atomic E-state index is 0.0537. The highest BCUT2D eigenvalue weighted by molar-refractivity contribution is 6.22. The van der Waals surface area contributed by atoms with Crippen LogP contribution >= 0.6 is 0 Å². The average molecular weight is 381 g/mol. The van der Waals surface area contributed by atoms with Gasteiger partial charge < -0.3 is 0 Å². The maximum Gasteiger partial charge on any atom is 0.238 e. The second-order valence-corrected chi connectivity index (χ2v) is 8.31. The van der Waals surface area contributed by atoms with Crippen LogP contribution in [-0.2, 0) is 9.59 Å². The SMILES string of the molecule is Cc1ccc2cnc(-c3ccc(N4C(=O)[C@@H]5[C@H]6C=CC(C6)[C@@H]5C4=O)cc3)nc2c1. The predicted octanol–water partition coefficient (Wildman–Crippen LogP) is 3.92. The Bertz CT molecular complexity index is 1180. The molecule has 1 aromatic heterocycles. The van der Waals surface area contributed by atoms with Gasteiger partial charge in [0.15, 0.2) is 5.82 Å². The first-order chi connectivity index (χ1) is 14.1. The van der Waals surface area contributed by atoms with Crippen molar-refractivity contribution < 1.29 is 9.59 Å². The molecule has 3 aliphatic rings. The number of amides is 2. The van der Waals surface area contributed by atoms with Gasteiger partial charge in [0.1, 0.15) is 0 Å². The lowest BCUT2D eigenvalue weighted by atomic mass is 9.85. The molecule has 2 aromatic carbocycles. The van der Waals surface area contributed by atoms with E-state index in [4.69, 9.17) is 0 Å². The minimum atomic E-state index is -0.177. The zero-order chi connectivity index (χ0) is 19.7. The van der Waals surface area contributed by atoms with E-state index < -0.39 is 0 Å². The van der Waals surface area contributed by atoms with E-state index in [0.29, 0.717) is 11.5 Å². The van der Waals surface area contributed by atoms with Crippen LogP contribution in [0.3, 0.4) is 0 Å². The molecule has 1 saturated carbocycles. The molecule has 6 rings (SSSR count). The Balaban J connectivity index is 1.32. The molecule has 0 N–H and O–H groups in total. The van der Waals surface area contributed by atoms with Crippen LogP contribution < -0.4 is 4.90 Å². The van der Waals surface area contributed by atoms with E-state index >= 15 is 0 Å². The summed E-state index contributed by atoms with van der Waals surface area (Å²) in [5.41, 5.74) is 3.55. The summed E-state index contributed by atoms with van der Waals surface area (Å²) in [5, 5.41) is 0.999. The fraction of sp³-hybridized carbons (Fsp3) is 0.250. The van der Waals surface area contributed by atoms with Gasteiger partial charge in [-0.1, -0.05) is 24.3 Å². The zero-order valence-corrected chi connectivity index (χ0v) is 15.9. The summed E-state index contributed by atoms with van der Waals surface area (Å²) in [4.78, 5) is 36.5. The molecule has 2 heterocycles. The summed E-state index contributed by atoms with van der Waals surface area (Å²) in [6, 6.07) is 13.5. The molecule has 3 aromatic rings. The fourth-order valence-electron chi connectivity index (χ4n) is 5.19. The molecule has 2 aliphatic carbocycles. The first-order valence-electron chi connectivity index (χ1n) is 10.0. The Morgan fingerprint density at radius 3 is 2.31 bits per heavy atom. The molecule has 29 heavy (non-hydrogen) atoms. The largest absolute Gasteiger partial charge is 0.274 e. The number of carbonyl (C=O) groups excluding carboxylic acids is 2. The van der Waals surface area contributed by atoms with Crippen molar-refractivity contribution in [3.05, 3.63) is 66.4 Å². The predicted molar refractivity (Wildman–Crippen MR) is 110 cm³/mol. The summed E-state index contributed by atoms with van der Waals surface area (Å²) in [6.45, 7) is 2.04. The summed E-state index contributed by atoms with van der Waals surface area (Å²) >= 11 is 0. The van der Waals surface area contributed by atoms with Crippen LogP contribution in [0.5, 0.6) is 0 Å². The van der Waals surface area contributed by atoms with Crippen molar-refractivity contribution in [2.45, 2.75) is 13.3 Å². The molecule has 2 amide bonds. The number of fused-ring (bicyclic) bond motifs is 6. The number of benzene rings is 2. The van der Waals surface area contributed by atoms with Gasteiger partial charge in [-0.15, -0.1) is 0 Å². The smallest absolute Gasteiger partial charge is 0.238 e. The van der Waals surface area contributed by atoms with Gasteiger partial charge in [0, 0.05) is 17.1 Å². The number of anilines is 1. The minimum Gasteiger partial charge on any atom is -0.274 e. The highest BCUT2D eigenvalue weighted by Gasteiger charge is 2.59. The van der Waals surface area contributed by atoms with Crippen molar-refractivity contribution in [1.29, 1.82) is 0 Å².